The van der Waals surface area contributed by atoms with Crippen LogP contribution in [-0.2, 0) is 23.7 Å². The van der Waals surface area contributed by atoms with Crippen LogP contribution in [0, 0.1) is 0 Å². The summed E-state index contributed by atoms with van der Waals surface area (Å²) in [5, 5.41) is 86.0. The Morgan fingerprint density at radius 1 is 0.648 bits per heavy atom. The van der Waals surface area contributed by atoms with Crippen molar-refractivity contribution in [2.24, 2.45) is 0 Å². The lowest BCUT2D eigenvalue weighted by atomic mass is 9.97. The zero-order valence-electron chi connectivity index (χ0n) is 32.7. The molecule has 0 radical (unpaired) electrons. The van der Waals surface area contributed by atoms with Gasteiger partial charge < -0.3 is 65.1 Å². The maximum Gasteiger partial charge on any atom is 0.220 e. The summed E-state index contributed by atoms with van der Waals surface area (Å²) in [6.45, 7) is 2.65. The van der Waals surface area contributed by atoms with Gasteiger partial charge in [-0.3, -0.25) is 4.79 Å². The largest absolute Gasteiger partial charge is 0.394 e. The van der Waals surface area contributed by atoms with Crippen molar-refractivity contribution in [2.45, 2.75) is 203 Å². The summed E-state index contributed by atoms with van der Waals surface area (Å²) >= 11 is 0. The van der Waals surface area contributed by atoms with Crippen molar-refractivity contribution in [2.75, 3.05) is 19.8 Å². The minimum Gasteiger partial charge on any atom is -0.394 e. The Labute approximate surface area is 322 Å². The molecular formula is C40H73NO13. The minimum absolute atomic E-state index is 0.256. The van der Waals surface area contributed by atoms with E-state index in [9.17, 15) is 45.6 Å². The maximum absolute atomic E-state index is 13.0. The summed E-state index contributed by atoms with van der Waals surface area (Å²) < 4.78 is 22.5. The molecular weight excluding hydrogens is 702 g/mol. The van der Waals surface area contributed by atoms with Crippen molar-refractivity contribution >= 4 is 5.91 Å². The standard InChI is InChI=1S/C40H73NO13/c1-3-5-7-9-11-13-14-16-18-20-22-24-32(45)41-28(29(44)23-21-19-17-15-12-10-8-6-4-2)27-51-39-37(50)35(48)38(31(26-43)53-39)54-40-36(49)34(47)33(46)30(25-42)52-40/h9,11,21,23,28-31,33-40,42-44,46-50H,3-8,10,12-20,22,24-27H2,1-2H3,(H,41,45)/b11-9-,23-21+. The fourth-order valence-corrected chi connectivity index (χ4v) is 6.62. The molecule has 14 nitrogen and oxygen atoms in total. The van der Waals surface area contributed by atoms with Gasteiger partial charge in [-0.2, -0.15) is 0 Å². The Balaban J connectivity index is 1.96. The molecule has 0 aromatic heterocycles. The molecule has 0 aromatic rings. The first-order valence-electron chi connectivity index (χ1n) is 20.6. The van der Waals surface area contributed by atoms with E-state index in [1.165, 1.54) is 38.5 Å². The fraction of sp³-hybridized carbons (Fsp3) is 0.875. The molecule has 0 spiro atoms. The van der Waals surface area contributed by atoms with Crippen LogP contribution in [-0.4, -0.2) is 140 Å². The van der Waals surface area contributed by atoms with Crippen molar-refractivity contribution in [3.63, 3.8) is 0 Å². The number of hydrogen-bond acceptors (Lipinski definition) is 13. The number of carbonyl (C=O) groups excluding carboxylic acids is 1. The zero-order chi connectivity index (χ0) is 39.7. The second kappa shape index (κ2) is 28.8. The van der Waals surface area contributed by atoms with Gasteiger partial charge in [-0.1, -0.05) is 109 Å². The highest BCUT2D eigenvalue weighted by Gasteiger charge is 2.50. The molecule has 12 atom stereocenters. The Kier molecular flexibility index (Phi) is 25.9. The molecule has 2 aliphatic rings. The van der Waals surface area contributed by atoms with Gasteiger partial charge in [0.05, 0.1) is 32.0 Å². The van der Waals surface area contributed by atoms with Gasteiger partial charge in [-0.25, -0.2) is 0 Å². The van der Waals surface area contributed by atoms with Gasteiger partial charge in [0.1, 0.15) is 48.8 Å². The van der Waals surface area contributed by atoms with E-state index in [2.05, 4.69) is 31.3 Å². The van der Waals surface area contributed by atoms with Crippen LogP contribution in [0.1, 0.15) is 129 Å². The molecule has 2 rings (SSSR count). The Bertz CT molecular complexity index is 1010. The normalized spacial score (nSPS) is 30.3. The third-order valence-corrected chi connectivity index (χ3v) is 10.1. The lowest BCUT2D eigenvalue weighted by Gasteiger charge is -2.46. The number of hydrogen-bond donors (Lipinski definition) is 9. The molecule has 2 saturated heterocycles. The van der Waals surface area contributed by atoms with E-state index < -0.39 is 86.8 Å². The van der Waals surface area contributed by atoms with Gasteiger partial charge >= 0.3 is 0 Å². The Morgan fingerprint density at radius 3 is 1.81 bits per heavy atom. The minimum atomic E-state index is -1.78. The molecule has 0 aromatic carbocycles. The number of carbonyl (C=O) groups is 1. The first-order chi connectivity index (χ1) is 26.1. The van der Waals surface area contributed by atoms with E-state index >= 15 is 0 Å². The summed E-state index contributed by atoms with van der Waals surface area (Å²) in [7, 11) is 0. The number of amides is 1. The summed E-state index contributed by atoms with van der Waals surface area (Å²) in [5.74, 6) is -0.256. The highest BCUT2D eigenvalue weighted by molar-refractivity contribution is 5.76. The van der Waals surface area contributed by atoms with Gasteiger partial charge in [-0.05, 0) is 38.5 Å². The van der Waals surface area contributed by atoms with Gasteiger partial charge in [0.15, 0.2) is 12.6 Å². The lowest BCUT2D eigenvalue weighted by molar-refractivity contribution is -0.359. The van der Waals surface area contributed by atoms with E-state index in [1.54, 1.807) is 6.08 Å². The van der Waals surface area contributed by atoms with Crippen LogP contribution >= 0.6 is 0 Å². The van der Waals surface area contributed by atoms with Crippen molar-refractivity contribution in [1.29, 1.82) is 0 Å². The first-order valence-corrected chi connectivity index (χ1v) is 20.6. The van der Waals surface area contributed by atoms with E-state index in [-0.39, 0.29) is 18.9 Å². The van der Waals surface area contributed by atoms with Crippen molar-refractivity contribution in [1.82, 2.24) is 5.32 Å². The fourth-order valence-electron chi connectivity index (χ4n) is 6.62. The molecule has 0 aliphatic carbocycles. The summed E-state index contributed by atoms with van der Waals surface area (Å²) in [6.07, 6.45) is 9.65. The van der Waals surface area contributed by atoms with Crippen molar-refractivity contribution in [3.05, 3.63) is 24.3 Å². The van der Waals surface area contributed by atoms with Gasteiger partial charge in [0.25, 0.3) is 0 Å². The molecule has 12 unspecified atom stereocenters. The number of rotatable bonds is 29. The van der Waals surface area contributed by atoms with E-state index in [0.29, 0.717) is 6.42 Å². The van der Waals surface area contributed by atoms with Gasteiger partial charge in [-0.15, -0.1) is 0 Å². The molecule has 2 aliphatic heterocycles. The molecule has 2 heterocycles. The monoisotopic (exact) mass is 776 g/mol. The van der Waals surface area contributed by atoms with Crippen LogP contribution in [0.4, 0.5) is 0 Å². The summed E-state index contributed by atoms with van der Waals surface area (Å²) in [6, 6.07) is -0.911. The summed E-state index contributed by atoms with van der Waals surface area (Å²) in [4.78, 5) is 13.0. The zero-order valence-corrected chi connectivity index (χ0v) is 32.7. The number of unbranched alkanes of at least 4 members (excludes halogenated alkanes) is 14. The highest BCUT2D eigenvalue weighted by atomic mass is 16.7. The second-order valence-corrected chi connectivity index (χ2v) is 14.8. The quantitative estimate of drug-likeness (QED) is 0.0394. The molecule has 0 saturated carbocycles. The van der Waals surface area contributed by atoms with Crippen LogP contribution in [0.2, 0.25) is 0 Å². The third kappa shape index (κ3) is 17.7. The lowest BCUT2D eigenvalue weighted by Crippen LogP contribution is -2.65. The molecule has 316 valence electrons. The molecule has 1 amide bonds. The average molecular weight is 776 g/mol. The Morgan fingerprint density at radius 2 is 1.19 bits per heavy atom. The molecule has 2 fully saturated rings. The number of nitrogens with one attached hydrogen (secondary N) is 1. The topological polar surface area (TPSA) is 228 Å². The van der Waals surface area contributed by atoms with Crippen molar-refractivity contribution in [3.8, 4) is 0 Å². The van der Waals surface area contributed by atoms with Crippen LogP contribution in [0.25, 0.3) is 0 Å². The number of aliphatic hydroxyl groups excluding tert-OH is 8. The third-order valence-electron chi connectivity index (χ3n) is 10.1. The van der Waals surface area contributed by atoms with Crippen LogP contribution < -0.4 is 5.32 Å². The molecule has 54 heavy (non-hydrogen) atoms. The van der Waals surface area contributed by atoms with Gasteiger partial charge in [0.2, 0.25) is 5.91 Å². The van der Waals surface area contributed by atoms with E-state index in [0.717, 1.165) is 64.2 Å². The first kappa shape index (κ1) is 48.6. The van der Waals surface area contributed by atoms with Crippen molar-refractivity contribution < 1.29 is 64.6 Å². The molecule has 0 bridgehead atoms. The predicted octanol–water partition coefficient (Wildman–Crippen LogP) is 2.65. The molecule has 9 N–H and O–H groups in total. The van der Waals surface area contributed by atoms with Gasteiger partial charge in [0, 0.05) is 6.42 Å². The Hall–Kier alpha value is -1.53. The van der Waals surface area contributed by atoms with E-state index in [1.807, 2.05) is 6.08 Å². The predicted molar refractivity (Wildman–Crippen MR) is 203 cm³/mol. The van der Waals surface area contributed by atoms with E-state index in [4.69, 9.17) is 18.9 Å². The maximum atomic E-state index is 13.0. The second-order valence-electron chi connectivity index (χ2n) is 14.8. The smallest absolute Gasteiger partial charge is 0.220 e. The van der Waals surface area contributed by atoms with Crippen LogP contribution in [0.3, 0.4) is 0 Å². The number of allylic oxidation sites excluding steroid dienone is 3. The average Bonchev–Trinajstić information content (AvgIpc) is 3.17. The summed E-state index contributed by atoms with van der Waals surface area (Å²) in [5.41, 5.74) is 0. The van der Waals surface area contributed by atoms with Crippen LogP contribution in [0.5, 0.6) is 0 Å². The highest BCUT2D eigenvalue weighted by Crippen LogP contribution is 2.29. The molecule has 14 heteroatoms. The van der Waals surface area contributed by atoms with Crippen LogP contribution in [0.15, 0.2) is 24.3 Å². The number of aliphatic hydroxyl groups is 8. The SMILES string of the molecule is CCCC/C=C\CCCCCCCC(=O)NC(COC1OC(CO)C(OC2OC(CO)C(O)C(O)C2O)C(O)C1O)C(O)/C=C/CCCCCCCCC. The number of ether oxygens (including phenoxy) is 4.